The molecule has 1 saturated heterocycles. The van der Waals surface area contributed by atoms with E-state index in [0.717, 1.165) is 12.8 Å². The van der Waals surface area contributed by atoms with Crippen molar-refractivity contribution in [2.75, 3.05) is 6.54 Å². The summed E-state index contributed by atoms with van der Waals surface area (Å²) in [5.74, 6) is 0.997. The molecule has 2 fully saturated rings. The van der Waals surface area contributed by atoms with Crippen LogP contribution in [0.1, 0.15) is 26.7 Å². The van der Waals surface area contributed by atoms with Crippen LogP contribution in [0.2, 0.25) is 0 Å². The fourth-order valence-electron chi connectivity index (χ4n) is 2.50. The van der Waals surface area contributed by atoms with Crippen molar-refractivity contribution in [2.45, 2.75) is 32.7 Å². The third-order valence-electron chi connectivity index (χ3n) is 3.64. The summed E-state index contributed by atoms with van der Waals surface area (Å²) in [7, 11) is 0. The molecule has 3 unspecified atom stereocenters. The number of imide groups is 1. The number of carbonyl (C=O) groups is 2. The third kappa shape index (κ3) is 1.38. The van der Waals surface area contributed by atoms with Crippen molar-refractivity contribution in [3.8, 4) is 0 Å². The van der Waals surface area contributed by atoms with Gasteiger partial charge < -0.3 is 4.90 Å². The lowest BCUT2D eigenvalue weighted by atomic mass is 9.97. The van der Waals surface area contributed by atoms with Gasteiger partial charge in [0.25, 0.3) is 0 Å². The summed E-state index contributed by atoms with van der Waals surface area (Å²) in [5.41, 5.74) is 0. The van der Waals surface area contributed by atoms with Gasteiger partial charge in [-0.2, -0.15) is 0 Å². The van der Waals surface area contributed by atoms with E-state index in [1.54, 1.807) is 4.90 Å². The Bertz CT molecular complexity index is 277. The molecule has 0 aromatic rings. The van der Waals surface area contributed by atoms with E-state index in [1.165, 1.54) is 0 Å². The number of hydrogen-bond donors (Lipinski definition) is 1. The Morgan fingerprint density at radius 2 is 2.00 bits per heavy atom. The van der Waals surface area contributed by atoms with Gasteiger partial charge in [0.15, 0.2) is 0 Å². The fraction of sp³-hybridized carbons (Fsp3) is 0.800. The molecule has 0 aromatic heterocycles. The van der Waals surface area contributed by atoms with E-state index in [2.05, 4.69) is 19.2 Å². The zero-order valence-electron chi connectivity index (χ0n) is 8.62. The molecule has 0 radical (unpaired) electrons. The van der Waals surface area contributed by atoms with E-state index in [-0.39, 0.29) is 24.5 Å². The van der Waals surface area contributed by atoms with Crippen LogP contribution < -0.4 is 5.32 Å². The van der Waals surface area contributed by atoms with E-state index >= 15 is 0 Å². The second-order valence-corrected chi connectivity index (χ2v) is 4.46. The van der Waals surface area contributed by atoms with Gasteiger partial charge in [0.1, 0.15) is 6.54 Å². The number of nitrogens with one attached hydrogen (secondary N) is 1. The average molecular weight is 196 g/mol. The molecule has 1 heterocycles. The number of amides is 3. The van der Waals surface area contributed by atoms with Crippen LogP contribution in [0.25, 0.3) is 0 Å². The molecule has 0 spiro atoms. The van der Waals surface area contributed by atoms with Gasteiger partial charge in [-0.25, -0.2) is 4.79 Å². The number of urea groups is 1. The predicted octanol–water partition coefficient (Wildman–Crippen LogP) is 0.973. The molecule has 14 heavy (non-hydrogen) atoms. The normalized spacial score (nSPS) is 37.9. The number of hydrogen-bond acceptors (Lipinski definition) is 2. The van der Waals surface area contributed by atoms with Crippen molar-refractivity contribution in [3.05, 3.63) is 0 Å². The van der Waals surface area contributed by atoms with Gasteiger partial charge in [-0.05, 0) is 24.7 Å². The molecule has 1 aliphatic carbocycles. The molecule has 3 amide bonds. The Morgan fingerprint density at radius 3 is 2.43 bits per heavy atom. The monoisotopic (exact) mass is 196 g/mol. The molecule has 78 valence electrons. The summed E-state index contributed by atoms with van der Waals surface area (Å²) >= 11 is 0. The van der Waals surface area contributed by atoms with Crippen LogP contribution in [0.15, 0.2) is 0 Å². The number of nitrogens with zero attached hydrogens (tertiary/aromatic N) is 1. The van der Waals surface area contributed by atoms with Crippen LogP contribution in [0.5, 0.6) is 0 Å². The van der Waals surface area contributed by atoms with Crippen molar-refractivity contribution < 1.29 is 9.59 Å². The van der Waals surface area contributed by atoms with Crippen LogP contribution in [-0.2, 0) is 4.79 Å². The lowest BCUT2D eigenvalue weighted by molar-refractivity contribution is -0.118. The van der Waals surface area contributed by atoms with Gasteiger partial charge in [0.2, 0.25) is 5.91 Å². The Morgan fingerprint density at radius 1 is 1.29 bits per heavy atom. The highest BCUT2D eigenvalue weighted by Crippen LogP contribution is 2.35. The second-order valence-electron chi connectivity index (χ2n) is 4.46. The predicted molar refractivity (Wildman–Crippen MR) is 51.6 cm³/mol. The highest BCUT2D eigenvalue weighted by atomic mass is 16.2. The Balaban J connectivity index is 2.09. The van der Waals surface area contributed by atoms with E-state index in [0.29, 0.717) is 11.8 Å². The molecule has 2 rings (SSSR count). The smallest absolute Gasteiger partial charge is 0.312 e. The topological polar surface area (TPSA) is 49.4 Å². The minimum Gasteiger partial charge on any atom is -0.312 e. The Labute approximate surface area is 83.6 Å². The maximum absolute atomic E-state index is 11.4. The quantitative estimate of drug-likeness (QED) is 0.635. The van der Waals surface area contributed by atoms with Crippen LogP contribution in [0.4, 0.5) is 4.79 Å². The van der Waals surface area contributed by atoms with Crippen molar-refractivity contribution in [3.63, 3.8) is 0 Å². The van der Waals surface area contributed by atoms with Crippen LogP contribution in [-0.4, -0.2) is 29.4 Å². The van der Waals surface area contributed by atoms with Crippen molar-refractivity contribution in [1.82, 2.24) is 10.2 Å². The first-order valence-corrected chi connectivity index (χ1v) is 5.20. The summed E-state index contributed by atoms with van der Waals surface area (Å²) in [6, 6.07) is 0.0531. The lowest BCUT2D eigenvalue weighted by Gasteiger charge is -2.26. The molecule has 3 atom stereocenters. The van der Waals surface area contributed by atoms with Gasteiger partial charge in [-0.1, -0.05) is 13.8 Å². The second kappa shape index (κ2) is 3.26. The summed E-state index contributed by atoms with van der Waals surface area (Å²) in [4.78, 5) is 24.1. The number of rotatable bonds is 1. The fourth-order valence-corrected chi connectivity index (χ4v) is 2.50. The first-order valence-electron chi connectivity index (χ1n) is 5.20. The van der Waals surface area contributed by atoms with E-state index in [1.807, 2.05) is 0 Å². The molecule has 1 saturated carbocycles. The molecular weight excluding hydrogens is 180 g/mol. The Kier molecular flexibility index (Phi) is 2.21. The maximum atomic E-state index is 11.4. The largest absolute Gasteiger partial charge is 0.324 e. The summed E-state index contributed by atoms with van der Waals surface area (Å²) in [6.07, 6.45) is 2.19. The lowest BCUT2D eigenvalue weighted by Crippen LogP contribution is -2.40. The third-order valence-corrected chi connectivity index (χ3v) is 3.64. The van der Waals surface area contributed by atoms with E-state index in [9.17, 15) is 9.59 Å². The van der Waals surface area contributed by atoms with Crippen molar-refractivity contribution in [1.29, 1.82) is 0 Å². The van der Waals surface area contributed by atoms with E-state index < -0.39 is 0 Å². The maximum Gasteiger partial charge on any atom is 0.324 e. The van der Waals surface area contributed by atoms with Gasteiger partial charge in [0, 0.05) is 6.04 Å². The highest BCUT2D eigenvalue weighted by molar-refractivity contribution is 6.02. The molecule has 0 aromatic carbocycles. The first kappa shape index (κ1) is 9.49. The van der Waals surface area contributed by atoms with Crippen LogP contribution in [0, 0.1) is 11.8 Å². The summed E-state index contributed by atoms with van der Waals surface area (Å²) in [6.45, 7) is 4.62. The minimum atomic E-state index is -0.207. The van der Waals surface area contributed by atoms with Gasteiger partial charge in [0.05, 0.1) is 0 Å². The first-order chi connectivity index (χ1) is 6.59. The standard InChI is InChI=1S/C10H16N2O2/c1-6-3-4-8(7(6)2)12-5-9(13)11-10(12)14/h6-8H,3-5H2,1-2H3,(H,11,13,14). The average Bonchev–Trinajstić information content (AvgIpc) is 2.59. The number of carbonyl (C=O) groups excluding carboxylic acids is 2. The van der Waals surface area contributed by atoms with Crippen LogP contribution >= 0.6 is 0 Å². The van der Waals surface area contributed by atoms with Gasteiger partial charge in [-0.15, -0.1) is 0 Å². The minimum absolute atomic E-state index is 0.165. The molecule has 0 bridgehead atoms. The Hall–Kier alpha value is -1.06. The highest BCUT2D eigenvalue weighted by Gasteiger charge is 2.40. The molecule has 4 nitrogen and oxygen atoms in total. The van der Waals surface area contributed by atoms with E-state index in [4.69, 9.17) is 0 Å². The molecule has 2 aliphatic rings. The molecular formula is C10H16N2O2. The van der Waals surface area contributed by atoms with Crippen molar-refractivity contribution in [2.24, 2.45) is 11.8 Å². The molecule has 1 N–H and O–H groups in total. The van der Waals surface area contributed by atoms with Gasteiger partial charge >= 0.3 is 6.03 Å². The zero-order chi connectivity index (χ0) is 10.3. The molecule has 4 heteroatoms. The summed E-state index contributed by atoms with van der Waals surface area (Å²) in [5, 5.41) is 2.33. The zero-order valence-corrected chi connectivity index (χ0v) is 8.62. The van der Waals surface area contributed by atoms with Crippen LogP contribution in [0.3, 0.4) is 0 Å². The van der Waals surface area contributed by atoms with Gasteiger partial charge in [-0.3, -0.25) is 10.1 Å². The SMILES string of the molecule is CC1CCC(N2CC(=O)NC2=O)C1C. The summed E-state index contributed by atoms with van der Waals surface area (Å²) < 4.78 is 0. The molecule has 1 aliphatic heterocycles. The van der Waals surface area contributed by atoms with Crippen molar-refractivity contribution >= 4 is 11.9 Å².